The molecule has 1 fully saturated rings. The van der Waals surface area contributed by atoms with Gasteiger partial charge in [0.2, 0.25) is 5.91 Å². The molecule has 24 heavy (non-hydrogen) atoms. The Hall–Kier alpha value is -2.12. The van der Waals surface area contributed by atoms with Crippen LogP contribution in [0.1, 0.15) is 25.7 Å². The highest BCUT2D eigenvalue weighted by Gasteiger charge is 2.16. The lowest BCUT2D eigenvalue weighted by Gasteiger charge is -2.20. The maximum absolute atomic E-state index is 12.3. The van der Waals surface area contributed by atoms with Crippen LogP contribution in [0.2, 0.25) is 0 Å². The molecule has 7 nitrogen and oxygen atoms in total. The summed E-state index contributed by atoms with van der Waals surface area (Å²) in [5, 5.41) is 5.60. The normalized spacial score (nSPS) is 16.2. The van der Waals surface area contributed by atoms with Gasteiger partial charge in [-0.15, -0.1) is 0 Å². The number of anilines is 2. The van der Waals surface area contributed by atoms with Crippen LogP contribution >= 0.6 is 0 Å². The van der Waals surface area contributed by atoms with E-state index in [1.54, 1.807) is 24.3 Å². The minimum absolute atomic E-state index is 0.0733. The van der Waals surface area contributed by atoms with Gasteiger partial charge >= 0.3 is 6.03 Å². The predicted molar refractivity (Wildman–Crippen MR) is 94.0 cm³/mol. The number of likely N-dealkylation sites (tertiary alicyclic amines) is 1. The fourth-order valence-electron chi connectivity index (χ4n) is 2.60. The van der Waals surface area contributed by atoms with Gasteiger partial charge in [-0.3, -0.25) is 4.79 Å². The average Bonchev–Trinajstić information content (AvgIpc) is 2.86. The second-order valence-electron chi connectivity index (χ2n) is 5.96. The number of rotatable bonds is 5. The van der Waals surface area contributed by atoms with Crippen molar-refractivity contribution >= 4 is 23.3 Å². The molecule has 2 rings (SSSR count). The molecule has 0 bridgehead atoms. The Morgan fingerprint density at radius 2 is 1.62 bits per heavy atom. The van der Waals surface area contributed by atoms with Crippen LogP contribution in [0.5, 0.6) is 0 Å². The van der Waals surface area contributed by atoms with Crippen LogP contribution in [-0.2, 0) is 9.53 Å². The van der Waals surface area contributed by atoms with Gasteiger partial charge in [-0.2, -0.15) is 0 Å². The largest absolute Gasteiger partial charge is 0.383 e. The highest BCUT2D eigenvalue weighted by atomic mass is 16.5. The van der Waals surface area contributed by atoms with Crippen LogP contribution in [0.4, 0.5) is 16.2 Å². The minimum atomic E-state index is -0.711. The number of nitrogens with one attached hydrogen (secondary N) is 2. The molecule has 7 heteroatoms. The molecular formula is C17H26N4O3. The molecule has 1 aromatic rings. The Bertz CT molecular complexity index is 539. The smallest absolute Gasteiger partial charge is 0.321 e. The van der Waals surface area contributed by atoms with Crippen LogP contribution in [0.3, 0.4) is 0 Å². The number of hydrogen-bond acceptors (Lipinski definition) is 4. The second kappa shape index (κ2) is 9.24. The number of amides is 3. The summed E-state index contributed by atoms with van der Waals surface area (Å²) in [6.45, 7) is 1.77. The van der Waals surface area contributed by atoms with Crippen LogP contribution in [0, 0.1) is 0 Å². The van der Waals surface area contributed by atoms with Crippen molar-refractivity contribution in [2.75, 3.05) is 37.4 Å². The third-order valence-electron chi connectivity index (χ3n) is 3.98. The van der Waals surface area contributed by atoms with Crippen LogP contribution in [0.15, 0.2) is 24.3 Å². The van der Waals surface area contributed by atoms with Crippen molar-refractivity contribution in [2.24, 2.45) is 5.73 Å². The summed E-state index contributed by atoms with van der Waals surface area (Å²) in [6.07, 6.45) is 4.48. The van der Waals surface area contributed by atoms with Crippen LogP contribution < -0.4 is 16.4 Å². The van der Waals surface area contributed by atoms with Crippen LogP contribution in [-0.4, -0.2) is 49.7 Å². The highest BCUT2D eigenvalue weighted by molar-refractivity contribution is 5.95. The summed E-state index contributed by atoms with van der Waals surface area (Å²) in [4.78, 5) is 25.9. The molecule has 1 aliphatic heterocycles. The molecule has 3 amide bonds. The number of ether oxygens (including phenoxy) is 1. The molecule has 132 valence electrons. The lowest BCUT2D eigenvalue weighted by atomic mass is 10.2. The zero-order valence-electron chi connectivity index (χ0n) is 14.1. The Morgan fingerprint density at radius 3 is 2.17 bits per heavy atom. The number of carbonyl (C=O) groups excluding carboxylic acids is 2. The average molecular weight is 334 g/mol. The van der Waals surface area contributed by atoms with Gasteiger partial charge in [0.25, 0.3) is 0 Å². The predicted octanol–water partition coefficient (Wildman–Crippen LogP) is 2.01. The fourth-order valence-corrected chi connectivity index (χ4v) is 2.60. The maximum Gasteiger partial charge on any atom is 0.321 e. The molecule has 1 heterocycles. The summed E-state index contributed by atoms with van der Waals surface area (Å²) < 4.78 is 4.85. The SMILES string of the molecule is COCC(N)C(=O)Nc1ccc(NC(=O)N2CCCCCC2)cc1. The first-order valence-corrected chi connectivity index (χ1v) is 8.31. The van der Waals surface area contributed by atoms with Crippen molar-refractivity contribution in [1.29, 1.82) is 0 Å². The van der Waals surface area contributed by atoms with Crippen molar-refractivity contribution in [1.82, 2.24) is 4.90 Å². The number of nitrogens with two attached hydrogens (primary N) is 1. The summed E-state index contributed by atoms with van der Waals surface area (Å²) in [5.41, 5.74) is 6.99. The van der Waals surface area contributed by atoms with Crippen molar-refractivity contribution in [3.05, 3.63) is 24.3 Å². The number of hydrogen-bond donors (Lipinski definition) is 3. The molecular weight excluding hydrogens is 308 g/mol. The molecule has 0 aliphatic carbocycles. The molecule has 1 aromatic carbocycles. The van der Waals surface area contributed by atoms with Gasteiger partial charge in [0, 0.05) is 31.6 Å². The van der Waals surface area contributed by atoms with E-state index in [0.717, 1.165) is 25.9 Å². The topological polar surface area (TPSA) is 96.7 Å². The summed E-state index contributed by atoms with van der Waals surface area (Å²) in [5.74, 6) is -0.307. The molecule has 0 spiro atoms. The Labute approximate surface area is 142 Å². The summed E-state index contributed by atoms with van der Waals surface area (Å²) >= 11 is 0. The van der Waals surface area contributed by atoms with Gasteiger partial charge in [0.15, 0.2) is 0 Å². The van der Waals surface area contributed by atoms with Crippen molar-refractivity contribution in [2.45, 2.75) is 31.7 Å². The number of carbonyl (C=O) groups is 2. The number of urea groups is 1. The van der Waals surface area contributed by atoms with Crippen LogP contribution in [0.25, 0.3) is 0 Å². The maximum atomic E-state index is 12.3. The zero-order chi connectivity index (χ0) is 17.4. The lowest BCUT2D eigenvalue weighted by molar-refractivity contribution is -0.118. The summed E-state index contributed by atoms with van der Waals surface area (Å²) in [6, 6.07) is 6.19. The van der Waals surface area contributed by atoms with Gasteiger partial charge in [-0.05, 0) is 37.1 Å². The Balaban J connectivity index is 1.87. The third-order valence-corrected chi connectivity index (χ3v) is 3.98. The van der Waals surface area contributed by atoms with Gasteiger partial charge < -0.3 is 26.0 Å². The van der Waals surface area contributed by atoms with E-state index in [2.05, 4.69) is 10.6 Å². The van der Waals surface area contributed by atoms with E-state index in [-0.39, 0.29) is 18.5 Å². The monoisotopic (exact) mass is 334 g/mol. The van der Waals surface area contributed by atoms with Gasteiger partial charge in [0.05, 0.1) is 6.61 Å². The Kier molecular flexibility index (Phi) is 7.02. The highest BCUT2D eigenvalue weighted by Crippen LogP contribution is 2.16. The summed E-state index contributed by atoms with van der Waals surface area (Å²) in [7, 11) is 1.49. The molecule has 0 saturated carbocycles. The first-order chi connectivity index (χ1) is 11.6. The second-order valence-corrected chi connectivity index (χ2v) is 5.96. The van der Waals surface area contributed by atoms with E-state index in [1.165, 1.54) is 20.0 Å². The minimum Gasteiger partial charge on any atom is -0.383 e. The van der Waals surface area contributed by atoms with E-state index < -0.39 is 6.04 Å². The van der Waals surface area contributed by atoms with E-state index in [1.807, 2.05) is 4.90 Å². The van der Waals surface area contributed by atoms with Crippen molar-refractivity contribution in [3.8, 4) is 0 Å². The molecule has 1 atom stereocenters. The molecule has 1 aliphatic rings. The molecule has 1 saturated heterocycles. The van der Waals surface area contributed by atoms with Gasteiger partial charge in [-0.1, -0.05) is 12.8 Å². The first-order valence-electron chi connectivity index (χ1n) is 8.31. The van der Waals surface area contributed by atoms with Crippen molar-refractivity contribution < 1.29 is 14.3 Å². The first kappa shape index (κ1) is 18.2. The molecule has 0 radical (unpaired) electrons. The van der Waals surface area contributed by atoms with Crippen molar-refractivity contribution in [3.63, 3.8) is 0 Å². The quantitative estimate of drug-likeness (QED) is 0.767. The Morgan fingerprint density at radius 1 is 1.08 bits per heavy atom. The standard InChI is InChI=1S/C17H26N4O3/c1-24-12-15(18)16(22)19-13-6-8-14(9-7-13)20-17(23)21-10-4-2-3-5-11-21/h6-9,15H,2-5,10-12,18H2,1H3,(H,19,22)(H,20,23). The lowest BCUT2D eigenvalue weighted by Crippen LogP contribution is -2.39. The van der Waals surface area contributed by atoms with Gasteiger partial charge in [0.1, 0.15) is 6.04 Å². The molecule has 0 aromatic heterocycles. The molecule has 1 unspecified atom stereocenters. The number of benzene rings is 1. The van der Waals surface area contributed by atoms with E-state index in [0.29, 0.717) is 11.4 Å². The zero-order valence-corrected chi connectivity index (χ0v) is 14.1. The number of nitrogens with zero attached hydrogens (tertiary/aromatic N) is 1. The fraction of sp³-hybridized carbons (Fsp3) is 0.529. The number of methoxy groups -OCH3 is 1. The van der Waals surface area contributed by atoms with E-state index in [4.69, 9.17) is 10.5 Å². The molecule has 4 N–H and O–H groups in total. The van der Waals surface area contributed by atoms with E-state index >= 15 is 0 Å². The third kappa shape index (κ3) is 5.50. The van der Waals surface area contributed by atoms with Gasteiger partial charge in [-0.25, -0.2) is 4.79 Å². The van der Waals surface area contributed by atoms with E-state index in [9.17, 15) is 9.59 Å².